The summed E-state index contributed by atoms with van der Waals surface area (Å²) in [5, 5.41) is 3.12. The van der Waals surface area contributed by atoms with E-state index in [1.807, 2.05) is 63.2 Å². The van der Waals surface area contributed by atoms with Gasteiger partial charge in [0.1, 0.15) is 6.04 Å². The van der Waals surface area contributed by atoms with Crippen LogP contribution in [0.4, 0.5) is 11.6 Å². The SMILES string of the molecule is CC[C@H](C)[C@H](Nc1nccc(-c2ccc(N(C)C)cc2)n1)C(=O)OC. The van der Waals surface area contributed by atoms with Crippen LogP contribution in [0.5, 0.6) is 0 Å². The van der Waals surface area contributed by atoms with E-state index in [0.29, 0.717) is 5.95 Å². The van der Waals surface area contributed by atoms with Gasteiger partial charge in [-0.25, -0.2) is 14.8 Å². The van der Waals surface area contributed by atoms with E-state index in [1.54, 1.807) is 6.20 Å². The Bertz CT molecular complexity index is 701. The summed E-state index contributed by atoms with van der Waals surface area (Å²) in [6.45, 7) is 4.03. The third kappa shape index (κ3) is 4.68. The molecule has 0 bridgehead atoms. The van der Waals surface area contributed by atoms with E-state index in [1.165, 1.54) is 7.11 Å². The minimum atomic E-state index is -0.471. The van der Waals surface area contributed by atoms with E-state index in [0.717, 1.165) is 23.4 Å². The van der Waals surface area contributed by atoms with Crippen LogP contribution in [0.2, 0.25) is 0 Å². The van der Waals surface area contributed by atoms with Crippen LogP contribution in [0.25, 0.3) is 11.3 Å². The van der Waals surface area contributed by atoms with Crippen molar-refractivity contribution >= 4 is 17.6 Å². The highest BCUT2D eigenvalue weighted by Crippen LogP contribution is 2.22. The molecule has 25 heavy (non-hydrogen) atoms. The molecule has 0 amide bonds. The van der Waals surface area contributed by atoms with Crippen molar-refractivity contribution in [2.75, 3.05) is 31.4 Å². The summed E-state index contributed by atoms with van der Waals surface area (Å²) in [6, 6.07) is 9.51. The predicted molar refractivity (Wildman–Crippen MR) is 101 cm³/mol. The summed E-state index contributed by atoms with van der Waals surface area (Å²) in [4.78, 5) is 22.9. The van der Waals surface area contributed by atoms with Crippen molar-refractivity contribution in [3.8, 4) is 11.3 Å². The Hall–Kier alpha value is -2.63. The molecule has 0 fully saturated rings. The van der Waals surface area contributed by atoms with Gasteiger partial charge in [0.05, 0.1) is 12.8 Å². The average Bonchev–Trinajstić information content (AvgIpc) is 2.65. The number of ether oxygens (including phenoxy) is 1. The highest BCUT2D eigenvalue weighted by atomic mass is 16.5. The van der Waals surface area contributed by atoms with Gasteiger partial charge in [-0.05, 0) is 24.1 Å². The zero-order chi connectivity index (χ0) is 18.4. The van der Waals surface area contributed by atoms with Gasteiger partial charge in [0.2, 0.25) is 5.95 Å². The molecule has 0 aliphatic carbocycles. The van der Waals surface area contributed by atoms with Gasteiger partial charge in [-0.1, -0.05) is 32.4 Å². The van der Waals surface area contributed by atoms with Gasteiger partial charge in [0.15, 0.2) is 0 Å². The number of methoxy groups -OCH3 is 1. The lowest BCUT2D eigenvalue weighted by Crippen LogP contribution is -2.37. The molecule has 1 aromatic heterocycles. The molecular weight excluding hydrogens is 316 g/mol. The van der Waals surface area contributed by atoms with Gasteiger partial charge < -0.3 is 15.0 Å². The Morgan fingerprint density at radius 2 is 1.92 bits per heavy atom. The van der Waals surface area contributed by atoms with Crippen LogP contribution < -0.4 is 10.2 Å². The molecule has 2 rings (SSSR count). The molecule has 0 aliphatic rings. The first-order valence-corrected chi connectivity index (χ1v) is 8.41. The minimum Gasteiger partial charge on any atom is -0.467 e. The van der Waals surface area contributed by atoms with E-state index in [-0.39, 0.29) is 11.9 Å². The monoisotopic (exact) mass is 342 g/mol. The number of nitrogens with zero attached hydrogens (tertiary/aromatic N) is 3. The van der Waals surface area contributed by atoms with Gasteiger partial charge in [0.25, 0.3) is 0 Å². The molecule has 0 spiro atoms. The number of hydrogen-bond donors (Lipinski definition) is 1. The first kappa shape index (κ1) is 18.7. The molecule has 2 aromatic rings. The van der Waals surface area contributed by atoms with Crippen molar-refractivity contribution in [1.82, 2.24) is 9.97 Å². The summed E-state index contributed by atoms with van der Waals surface area (Å²) in [7, 11) is 5.40. The molecule has 1 heterocycles. The number of carbonyl (C=O) groups excluding carboxylic acids is 1. The number of aromatic nitrogens is 2. The third-order valence-corrected chi connectivity index (χ3v) is 4.29. The molecule has 1 aromatic carbocycles. The number of rotatable bonds is 7. The van der Waals surface area contributed by atoms with E-state index in [2.05, 4.69) is 15.3 Å². The second kappa shape index (κ2) is 8.46. The summed E-state index contributed by atoms with van der Waals surface area (Å²) in [5.41, 5.74) is 2.92. The fourth-order valence-corrected chi connectivity index (χ4v) is 2.45. The number of benzene rings is 1. The molecule has 0 saturated carbocycles. The van der Waals surface area contributed by atoms with E-state index in [4.69, 9.17) is 4.74 Å². The van der Waals surface area contributed by atoms with Crippen molar-refractivity contribution in [2.24, 2.45) is 5.92 Å². The number of hydrogen-bond acceptors (Lipinski definition) is 6. The van der Waals surface area contributed by atoms with Crippen LogP contribution in [0.15, 0.2) is 36.5 Å². The summed E-state index contributed by atoms with van der Waals surface area (Å²) < 4.78 is 4.90. The minimum absolute atomic E-state index is 0.110. The van der Waals surface area contributed by atoms with E-state index in [9.17, 15) is 4.79 Å². The maximum atomic E-state index is 12.0. The van der Waals surface area contributed by atoms with Gasteiger partial charge >= 0.3 is 5.97 Å². The third-order valence-electron chi connectivity index (χ3n) is 4.29. The summed E-state index contributed by atoms with van der Waals surface area (Å²) in [6.07, 6.45) is 2.54. The topological polar surface area (TPSA) is 67.4 Å². The fraction of sp³-hybridized carbons (Fsp3) is 0.421. The van der Waals surface area contributed by atoms with E-state index < -0.39 is 6.04 Å². The second-order valence-corrected chi connectivity index (χ2v) is 6.24. The molecule has 0 saturated heterocycles. The average molecular weight is 342 g/mol. The van der Waals surface area contributed by atoms with Gasteiger partial charge in [-0.3, -0.25) is 0 Å². The number of nitrogens with one attached hydrogen (secondary N) is 1. The van der Waals surface area contributed by atoms with Crippen LogP contribution in [0.1, 0.15) is 20.3 Å². The molecule has 0 unspecified atom stereocenters. The largest absolute Gasteiger partial charge is 0.467 e. The number of esters is 1. The van der Waals surface area contributed by atoms with Crippen LogP contribution >= 0.6 is 0 Å². The van der Waals surface area contributed by atoms with Crippen molar-refractivity contribution in [1.29, 1.82) is 0 Å². The zero-order valence-corrected chi connectivity index (χ0v) is 15.5. The smallest absolute Gasteiger partial charge is 0.328 e. The maximum absolute atomic E-state index is 12.0. The molecule has 134 valence electrons. The van der Waals surface area contributed by atoms with Gasteiger partial charge in [-0.15, -0.1) is 0 Å². The lowest BCUT2D eigenvalue weighted by molar-refractivity contribution is -0.142. The van der Waals surface area contributed by atoms with Gasteiger partial charge in [0, 0.05) is 31.5 Å². The van der Waals surface area contributed by atoms with Crippen LogP contribution in [0.3, 0.4) is 0 Å². The molecule has 2 atom stereocenters. The van der Waals surface area contributed by atoms with Crippen molar-refractivity contribution in [3.63, 3.8) is 0 Å². The Morgan fingerprint density at radius 1 is 1.24 bits per heavy atom. The second-order valence-electron chi connectivity index (χ2n) is 6.24. The van der Waals surface area contributed by atoms with Crippen molar-refractivity contribution < 1.29 is 9.53 Å². The summed E-state index contributed by atoms with van der Waals surface area (Å²) in [5.74, 6) is 0.225. The maximum Gasteiger partial charge on any atom is 0.328 e. The Morgan fingerprint density at radius 3 is 2.48 bits per heavy atom. The molecule has 0 aliphatic heterocycles. The zero-order valence-electron chi connectivity index (χ0n) is 15.5. The van der Waals surface area contributed by atoms with Gasteiger partial charge in [-0.2, -0.15) is 0 Å². The van der Waals surface area contributed by atoms with E-state index >= 15 is 0 Å². The number of anilines is 2. The molecule has 0 radical (unpaired) electrons. The molecule has 6 nitrogen and oxygen atoms in total. The lowest BCUT2D eigenvalue weighted by atomic mass is 9.99. The molecule has 1 N–H and O–H groups in total. The molecular formula is C19H26N4O2. The predicted octanol–water partition coefficient (Wildman–Crippen LogP) is 3.21. The first-order valence-electron chi connectivity index (χ1n) is 8.41. The fourth-order valence-electron chi connectivity index (χ4n) is 2.45. The Balaban J connectivity index is 2.24. The van der Waals surface area contributed by atoms with Crippen LogP contribution in [-0.4, -0.2) is 43.2 Å². The van der Waals surface area contributed by atoms with Crippen LogP contribution in [-0.2, 0) is 9.53 Å². The summed E-state index contributed by atoms with van der Waals surface area (Å²) >= 11 is 0. The van der Waals surface area contributed by atoms with Crippen molar-refractivity contribution in [3.05, 3.63) is 36.5 Å². The standard InChI is InChI=1S/C19H26N4O2/c1-6-13(2)17(18(24)25-5)22-19-20-12-11-16(21-19)14-7-9-15(10-8-14)23(3)4/h7-13,17H,6H2,1-5H3,(H,20,21,22)/t13-,17-/m0/s1. The lowest BCUT2D eigenvalue weighted by Gasteiger charge is -2.21. The number of carbonyl (C=O) groups is 1. The highest BCUT2D eigenvalue weighted by molar-refractivity contribution is 5.79. The Kier molecular flexibility index (Phi) is 6.33. The normalized spacial score (nSPS) is 13.0. The highest BCUT2D eigenvalue weighted by Gasteiger charge is 2.25. The first-order chi connectivity index (χ1) is 12.0. The molecule has 6 heteroatoms. The Labute approximate surface area is 149 Å². The quantitative estimate of drug-likeness (QED) is 0.779. The van der Waals surface area contributed by atoms with Crippen LogP contribution in [0, 0.1) is 5.92 Å². The van der Waals surface area contributed by atoms with Crippen molar-refractivity contribution in [2.45, 2.75) is 26.3 Å².